The lowest BCUT2D eigenvalue weighted by molar-refractivity contribution is -0.0884. The number of benzene rings is 1. The van der Waals surface area contributed by atoms with Crippen LogP contribution in [0.5, 0.6) is 0 Å². The van der Waals surface area contributed by atoms with Gasteiger partial charge in [-0.2, -0.15) is 0 Å². The molecule has 2 aliphatic rings. The number of fused-ring (bicyclic) bond motifs is 1. The Kier molecular flexibility index (Phi) is 6.15. The molecule has 6 atom stereocenters. The van der Waals surface area contributed by atoms with Crippen molar-refractivity contribution in [1.29, 1.82) is 0 Å². The smallest absolute Gasteiger partial charge is 0.385 e. The highest BCUT2D eigenvalue weighted by atomic mass is 31.2. The highest BCUT2D eigenvalue weighted by Crippen LogP contribution is 2.57. The SMILES string of the molecule is C[C@@H]1[C@@H](COP2(=O)OCC[C@H](c3cc(F)cc(F)c3)O2)O[C@@H](n2ccc3c(N)ncnc32)[C@]1(C)O. The van der Waals surface area contributed by atoms with Crippen molar-refractivity contribution in [2.75, 3.05) is 18.9 Å². The minimum Gasteiger partial charge on any atom is -0.385 e. The summed E-state index contributed by atoms with van der Waals surface area (Å²) in [5.74, 6) is -1.68. The maximum Gasteiger partial charge on any atom is 0.475 e. The van der Waals surface area contributed by atoms with Crippen LogP contribution < -0.4 is 5.73 Å². The van der Waals surface area contributed by atoms with Gasteiger partial charge in [-0.25, -0.2) is 23.3 Å². The second kappa shape index (κ2) is 8.88. The molecule has 35 heavy (non-hydrogen) atoms. The maximum absolute atomic E-state index is 13.6. The minimum absolute atomic E-state index is 0.0119. The number of hydrogen-bond acceptors (Lipinski definition) is 9. The van der Waals surface area contributed by atoms with Gasteiger partial charge in [0.2, 0.25) is 0 Å². The molecule has 10 nitrogen and oxygen atoms in total. The van der Waals surface area contributed by atoms with Crippen LogP contribution in [0, 0.1) is 17.6 Å². The fourth-order valence-electron chi connectivity index (χ4n) is 4.46. The standard InChI is InChI=1S/C22H25F2N4O6P/c1-12-18(33-21(22(12,2)29)28-5-3-16-19(25)26-11-27-20(16)28)10-32-35(30)31-6-4-17(34-35)13-7-14(23)9-15(24)8-13/h3,5,7-9,11-12,17-18,21,29H,4,6,10H2,1-2H3,(H2,25,26,27)/t12-,17-,18-,21-,22-,35?/m1/s1. The van der Waals surface area contributed by atoms with Crippen LogP contribution in [0.2, 0.25) is 0 Å². The van der Waals surface area contributed by atoms with E-state index in [0.29, 0.717) is 16.9 Å². The molecule has 0 aliphatic carbocycles. The maximum atomic E-state index is 13.6. The van der Waals surface area contributed by atoms with Crippen molar-refractivity contribution in [3.8, 4) is 0 Å². The van der Waals surface area contributed by atoms with Crippen molar-refractivity contribution in [1.82, 2.24) is 14.5 Å². The number of aliphatic hydroxyl groups is 1. The summed E-state index contributed by atoms with van der Waals surface area (Å²) >= 11 is 0. The lowest BCUT2D eigenvalue weighted by atomic mass is 9.88. The first-order chi connectivity index (χ1) is 16.6. The monoisotopic (exact) mass is 510 g/mol. The first-order valence-corrected chi connectivity index (χ1v) is 12.5. The van der Waals surface area contributed by atoms with Crippen LogP contribution in [0.15, 0.2) is 36.8 Å². The van der Waals surface area contributed by atoms with Gasteiger partial charge in [0.1, 0.15) is 35.0 Å². The van der Waals surface area contributed by atoms with E-state index in [9.17, 15) is 18.5 Å². The Morgan fingerprint density at radius 1 is 1.31 bits per heavy atom. The summed E-state index contributed by atoms with van der Waals surface area (Å²) in [6, 6.07) is 4.71. The van der Waals surface area contributed by atoms with E-state index in [4.69, 9.17) is 24.0 Å². The molecule has 5 rings (SSSR count). The van der Waals surface area contributed by atoms with Gasteiger partial charge in [-0.1, -0.05) is 6.92 Å². The lowest BCUT2D eigenvalue weighted by Gasteiger charge is -2.30. The molecule has 4 heterocycles. The van der Waals surface area contributed by atoms with E-state index in [0.717, 1.165) is 18.2 Å². The zero-order valence-corrected chi connectivity index (χ0v) is 19.9. The van der Waals surface area contributed by atoms with E-state index < -0.39 is 49.4 Å². The van der Waals surface area contributed by atoms with Gasteiger partial charge in [0.25, 0.3) is 0 Å². The number of nitrogens with two attached hydrogens (primary N) is 1. The third-order valence-corrected chi connectivity index (χ3v) is 8.09. The van der Waals surface area contributed by atoms with E-state index in [1.807, 2.05) is 0 Å². The van der Waals surface area contributed by atoms with E-state index >= 15 is 0 Å². The van der Waals surface area contributed by atoms with Gasteiger partial charge < -0.3 is 20.1 Å². The van der Waals surface area contributed by atoms with Crippen molar-refractivity contribution in [2.45, 2.75) is 44.3 Å². The van der Waals surface area contributed by atoms with Gasteiger partial charge in [-0.05, 0) is 30.7 Å². The molecule has 2 fully saturated rings. The van der Waals surface area contributed by atoms with Crippen molar-refractivity contribution in [2.24, 2.45) is 5.92 Å². The van der Waals surface area contributed by atoms with Gasteiger partial charge in [0, 0.05) is 24.6 Å². The van der Waals surface area contributed by atoms with E-state index in [1.54, 1.807) is 30.7 Å². The molecule has 3 N–H and O–H groups in total. The van der Waals surface area contributed by atoms with Gasteiger partial charge in [-0.15, -0.1) is 0 Å². The van der Waals surface area contributed by atoms with Gasteiger partial charge in [-0.3, -0.25) is 13.6 Å². The van der Waals surface area contributed by atoms with Crippen LogP contribution in [0.25, 0.3) is 11.0 Å². The minimum atomic E-state index is -4.06. The number of phosphoric ester groups is 1. The summed E-state index contributed by atoms with van der Waals surface area (Å²) in [7, 11) is -4.06. The Balaban J connectivity index is 1.31. The highest BCUT2D eigenvalue weighted by molar-refractivity contribution is 7.48. The molecular formula is C22H25F2N4O6P. The Bertz CT molecular complexity index is 1280. The van der Waals surface area contributed by atoms with Crippen molar-refractivity contribution >= 4 is 24.7 Å². The van der Waals surface area contributed by atoms with Gasteiger partial charge in [0.15, 0.2) is 6.23 Å². The summed E-state index contributed by atoms with van der Waals surface area (Å²) in [5.41, 5.74) is 5.27. The Morgan fingerprint density at radius 2 is 2.06 bits per heavy atom. The number of anilines is 1. The van der Waals surface area contributed by atoms with Gasteiger partial charge >= 0.3 is 7.82 Å². The summed E-state index contributed by atoms with van der Waals surface area (Å²) < 4.78 is 64.5. The second-order valence-electron chi connectivity index (χ2n) is 8.92. The Hall–Kier alpha value is -2.47. The fraction of sp³-hybridized carbons (Fsp3) is 0.455. The second-order valence-corrected chi connectivity index (χ2v) is 10.5. The molecular weight excluding hydrogens is 485 g/mol. The molecule has 2 aromatic heterocycles. The predicted octanol–water partition coefficient (Wildman–Crippen LogP) is 3.88. The van der Waals surface area contributed by atoms with Gasteiger partial charge in [0.05, 0.1) is 30.8 Å². The molecule has 2 saturated heterocycles. The van der Waals surface area contributed by atoms with Crippen LogP contribution in [-0.2, 0) is 22.9 Å². The molecule has 2 aliphatic heterocycles. The number of ether oxygens (including phenoxy) is 1. The third-order valence-electron chi connectivity index (χ3n) is 6.62. The molecule has 0 amide bonds. The fourth-order valence-corrected chi connectivity index (χ4v) is 5.86. The number of hydrogen-bond donors (Lipinski definition) is 2. The Morgan fingerprint density at radius 3 is 2.80 bits per heavy atom. The van der Waals surface area contributed by atoms with E-state index in [-0.39, 0.29) is 25.2 Å². The molecule has 0 bridgehead atoms. The van der Waals surface area contributed by atoms with Crippen molar-refractivity contribution in [3.63, 3.8) is 0 Å². The molecule has 1 aromatic carbocycles. The molecule has 13 heteroatoms. The number of phosphoric acid groups is 1. The topological polar surface area (TPSA) is 131 Å². The largest absolute Gasteiger partial charge is 0.475 e. The molecule has 0 radical (unpaired) electrons. The molecule has 0 spiro atoms. The van der Waals surface area contributed by atoms with Crippen LogP contribution in [-0.4, -0.2) is 44.6 Å². The highest BCUT2D eigenvalue weighted by Gasteiger charge is 2.52. The average molecular weight is 510 g/mol. The first kappa shape index (κ1) is 24.2. The number of nitrogen functional groups attached to an aromatic ring is 1. The van der Waals surface area contributed by atoms with Crippen LogP contribution in [0.4, 0.5) is 14.6 Å². The normalized spacial score (nSPS) is 33.4. The van der Waals surface area contributed by atoms with Crippen LogP contribution >= 0.6 is 7.82 Å². The summed E-state index contributed by atoms with van der Waals surface area (Å²) in [6.45, 7) is 3.20. The van der Waals surface area contributed by atoms with E-state index in [1.165, 1.54) is 6.33 Å². The number of rotatable bonds is 5. The zero-order valence-electron chi connectivity index (χ0n) is 19.0. The number of aromatic nitrogens is 3. The summed E-state index contributed by atoms with van der Waals surface area (Å²) in [6.07, 6.45) is 0.880. The summed E-state index contributed by atoms with van der Waals surface area (Å²) in [4.78, 5) is 8.22. The summed E-state index contributed by atoms with van der Waals surface area (Å²) in [5, 5.41) is 11.9. The Labute approximate surface area is 199 Å². The number of halogens is 2. The zero-order chi connectivity index (χ0) is 25.0. The number of nitrogens with zero attached hydrogens (tertiary/aromatic N) is 3. The quantitative estimate of drug-likeness (QED) is 0.491. The van der Waals surface area contributed by atoms with Crippen molar-refractivity contribution in [3.05, 3.63) is 54.0 Å². The molecule has 188 valence electrons. The average Bonchev–Trinajstić information content (AvgIpc) is 3.31. The van der Waals surface area contributed by atoms with Crippen LogP contribution in [0.3, 0.4) is 0 Å². The molecule has 1 unspecified atom stereocenters. The predicted molar refractivity (Wildman–Crippen MR) is 120 cm³/mol. The lowest BCUT2D eigenvalue weighted by Crippen LogP contribution is -2.38. The first-order valence-electron chi connectivity index (χ1n) is 11.1. The van der Waals surface area contributed by atoms with Crippen molar-refractivity contribution < 1.29 is 36.8 Å². The molecule has 0 saturated carbocycles. The molecule has 3 aromatic rings. The van der Waals surface area contributed by atoms with E-state index in [2.05, 4.69) is 9.97 Å². The third kappa shape index (κ3) is 4.46. The van der Waals surface area contributed by atoms with Crippen LogP contribution in [0.1, 0.15) is 38.2 Å².